The molecule has 0 spiro atoms. The Morgan fingerprint density at radius 3 is 2.78 bits per heavy atom. The normalized spacial score (nSPS) is 22.1. The van der Waals surface area contributed by atoms with Crippen LogP contribution in [0.1, 0.15) is 25.7 Å². The highest BCUT2D eigenvalue weighted by atomic mass is 16.5. The monoisotopic (exact) mass is 318 g/mol. The third-order valence-corrected chi connectivity index (χ3v) is 4.69. The van der Waals surface area contributed by atoms with E-state index in [1.165, 1.54) is 5.69 Å². The largest absolute Gasteiger partial charge is 0.376 e. The lowest BCUT2D eigenvalue weighted by molar-refractivity contribution is 0.111. The second-order valence-electron chi connectivity index (χ2n) is 6.37. The van der Waals surface area contributed by atoms with E-state index in [9.17, 15) is 4.79 Å². The van der Waals surface area contributed by atoms with Gasteiger partial charge in [0.2, 0.25) is 0 Å². The standard InChI is InChI=1S/C17H26N4O2/c22-17(20-13-16-4-2-10-23-16)19-11-14-5-8-21(9-6-14)15-3-1-7-18-12-15/h1,3,7,12,14,16H,2,4-6,8-11,13H2,(H2,19,20,22)/t16-/m1/s1. The summed E-state index contributed by atoms with van der Waals surface area (Å²) in [7, 11) is 0. The molecule has 0 saturated carbocycles. The van der Waals surface area contributed by atoms with Crippen LogP contribution in [0.25, 0.3) is 0 Å². The molecule has 3 rings (SSSR count). The van der Waals surface area contributed by atoms with Gasteiger partial charge in [-0.3, -0.25) is 4.98 Å². The maximum absolute atomic E-state index is 11.8. The number of nitrogens with one attached hydrogen (secondary N) is 2. The zero-order valence-electron chi connectivity index (χ0n) is 13.5. The van der Waals surface area contributed by atoms with Crippen molar-refractivity contribution < 1.29 is 9.53 Å². The number of aromatic nitrogens is 1. The first-order valence-electron chi connectivity index (χ1n) is 8.59. The smallest absolute Gasteiger partial charge is 0.314 e. The van der Waals surface area contributed by atoms with Gasteiger partial charge in [-0.05, 0) is 43.7 Å². The Hall–Kier alpha value is -1.82. The minimum atomic E-state index is -0.0739. The predicted molar refractivity (Wildman–Crippen MR) is 89.5 cm³/mol. The molecular weight excluding hydrogens is 292 g/mol. The first kappa shape index (κ1) is 16.1. The van der Waals surface area contributed by atoms with Crippen molar-refractivity contribution in [1.82, 2.24) is 15.6 Å². The van der Waals surface area contributed by atoms with Crippen molar-refractivity contribution in [2.75, 3.05) is 37.7 Å². The van der Waals surface area contributed by atoms with Crippen LogP contribution >= 0.6 is 0 Å². The van der Waals surface area contributed by atoms with Crippen molar-refractivity contribution in [3.8, 4) is 0 Å². The summed E-state index contributed by atoms with van der Waals surface area (Å²) >= 11 is 0. The average molecular weight is 318 g/mol. The van der Waals surface area contributed by atoms with Crippen LogP contribution in [0.4, 0.5) is 10.5 Å². The highest BCUT2D eigenvalue weighted by Crippen LogP contribution is 2.21. The lowest BCUT2D eigenvalue weighted by atomic mass is 9.96. The van der Waals surface area contributed by atoms with Gasteiger partial charge in [0, 0.05) is 39.0 Å². The van der Waals surface area contributed by atoms with Crippen molar-refractivity contribution in [2.45, 2.75) is 31.8 Å². The molecule has 3 heterocycles. The van der Waals surface area contributed by atoms with E-state index in [0.717, 1.165) is 51.9 Å². The Balaban J connectivity index is 1.32. The summed E-state index contributed by atoms with van der Waals surface area (Å²) in [5.41, 5.74) is 1.19. The maximum atomic E-state index is 11.8. The van der Waals surface area contributed by atoms with Gasteiger partial charge < -0.3 is 20.3 Å². The topological polar surface area (TPSA) is 66.5 Å². The Kier molecular flexibility index (Phi) is 5.69. The number of hydrogen-bond acceptors (Lipinski definition) is 4. The molecule has 2 N–H and O–H groups in total. The summed E-state index contributed by atoms with van der Waals surface area (Å²) in [5.74, 6) is 0.552. The van der Waals surface area contributed by atoms with Gasteiger partial charge in [0.25, 0.3) is 0 Å². The summed E-state index contributed by atoms with van der Waals surface area (Å²) in [6, 6.07) is 4.00. The minimum Gasteiger partial charge on any atom is -0.376 e. The predicted octanol–water partition coefficient (Wildman–Crippen LogP) is 1.78. The van der Waals surface area contributed by atoms with Crippen LogP contribution in [0.15, 0.2) is 24.5 Å². The van der Waals surface area contributed by atoms with Gasteiger partial charge in [0.15, 0.2) is 0 Å². The van der Waals surface area contributed by atoms with Crippen LogP contribution in [0.3, 0.4) is 0 Å². The number of amides is 2. The van der Waals surface area contributed by atoms with E-state index in [4.69, 9.17) is 4.74 Å². The zero-order valence-corrected chi connectivity index (χ0v) is 13.5. The fraction of sp³-hybridized carbons (Fsp3) is 0.647. The van der Waals surface area contributed by atoms with Crippen molar-refractivity contribution in [3.63, 3.8) is 0 Å². The SMILES string of the molecule is O=C(NCC1CCN(c2cccnc2)CC1)NC[C@H]1CCCO1. The molecule has 1 aromatic rings. The molecule has 2 aliphatic heterocycles. The lowest BCUT2D eigenvalue weighted by Gasteiger charge is -2.33. The van der Waals surface area contributed by atoms with E-state index in [1.807, 2.05) is 12.3 Å². The van der Waals surface area contributed by atoms with Crippen molar-refractivity contribution >= 4 is 11.7 Å². The third kappa shape index (κ3) is 4.82. The van der Waals surface area contributed by atoms with Crippen LogP contribution in [-0.2, 0) is 4.74 Å². The second kappa shape index (κ2) is 8.15. The van der Waals surface area contributed by atoms with Gasteiger partial charge >= 0.3 is 6.03 Å². The van der Waals surface area contributed by atoms with Gasteiger partial charge in [-0.2, -0.15) is 0 Å². The molecule has 0 radical (unpaired) electrons. The number of anilines is 1. The van der Waals surface area contributed by atoms with Gasteiger partial charge in [-0.15, -0.1) is 0 Å². The molecule has 2 aliphatic rings. The summed E-state index contributed by atoms with van der Waals surface area (Å²) < 4.78 is 5.50. The fourth-order valence-electron chi connectivity index (χ4n) is 3.25. The Labute approximate surface area is 137 Å². The summed E-state index contributed by atoms with van der Waals surface area (Å²) in [5, 5.41) is 5.90. The third-order valence-electron chi connectivity index (χ3n) is 4.69. The summed E-state index contributed by atoms with van der Waals surface area (Å²) in [4.78, 5) is 18.4. The van der Waals surface area contributed by atoms with Crippen LogP contribution in [0.5, 0.6) is 0 Å². The van der Waals surface area contributed by atoms with E-state index < -0.39 is 0 Å². The lowest BCUT2D eigenvalue weighted by Crippen LogP contribution is -2.43. The van der Waals surface area contributed by atoms with Gasteiger partial charge in [0.1, 0.15) is 0 Å². The molecule has 0 aliphatic carbocycles. The maximum Gasteiger partial charge on any atom is 0.314 e. The van der Waals surface area contributed by atoms with Crippen LogP contribution in [0, 0.1) is 5.92 Å². The number of pyridine rings is 1. The highest BCUT2D eigenvalue weighted by Gasteiger charge is 2.20. The van der Waals surface area contributed by atoms with E-state index in [-0.39, 0.29) is 12.1 Å². The number of carbonyl (C=O) groups is 1. The molecule has 0 aromatic carbocycles. The zero-order chi connectivity index (χ0) is 15.9. The first-order chi connectivity index (χ1) is 11.3. The molecular formula is C17H26N4O2. The van der Waals surface area contributed by atoms with E-state index in [1.54, 1.807) is 6.20 Å². The van der Waals surface area contributed by atoms with Gasteiger partial charge in [-0.1, -0.05) is 0 Å². The van der Waals surface area contributed by atoms with Crippen molar-refractivity contribution in [1.29, 1.82) is 0 Å². The highest BCUT2D eigenvalue weighted by molar-refractivity contribution is 5.73. The van der Waals surface area contributed by atoms with Crippen LogP contribution in [-0.4, -0.2) is 49.9 Å². The first-order valence-corrected chi connectivity index (χ1v) is 8.59. The Bertz CT molecular complexity index is 483. The molecule has 6 heteroatoms. The van der Waals surface area contributed by atoms with E-state index in [2.05, 4.69) is 26.6 Å². The summed E-state index contributed by atoms with van der Waals surface area (Å²) in [6.07, 6.45) is 8.26. The van der Waals surface area contributed by atoms with E-state index >= 15 is 0 Å². The molecule has 1 atom stereocenters. The average Bonchev–Trinajstić information content (AvgIpc) is 3.13. The molecule has 2 amide bonds. The number of ether oxygens (including phenoxy) is 1. The number of nitrogens with zero attached hydrogens (tertiary/aromatic N) is 2. The molecule has 1 aromatic heterocycles. The summed E-state index contributed by atoms with van der Waals surface area (Å²) in [6.45, 7) is 4.23. The van der Waals surface area contributed by atoms with Crippen LogP contribution in [0.2, 0.25) is 0 Å². The number of urea groups is 1. The fourth-order valence-corrected chi connectivity index (χ4v) is 3.25. The number of rotatable bonds is 5. The Morgan fingerprint density at radius 1 is 1.26 bits per heavy atom. The molecule has 2 saturated heterocycles. The molecule has 126 valence electrons. The Morgan fingerprint density at radius 2 is 2.09 bits per heavy atom. The van der Waals surface area contributed by atoms with Crippen molar-refractivity contribution in [3.05, 3.63) is 24.5 Å². The number of carbonyl (C=O) groups excluding carboxylic acids is 1. The van der Waals surface area contributed by atoms with E-state index in [0.29, 0.717) is 12.5 Å². The second-order valence-corrected chi connectivity index (χ2v) is 6.37. The number of piperidine rings is 1. The molecule has 0 bridgehead atoms. The van der Waals surface area contributed by atoms with Crippen LogP contribution < -0.4 is 15.5 Å². The number of hydrogen-bond donors (Lipinski definition) is 2. The minimum absolute atomic E-state index is 0.0739. The van der Waals surface area contributed by atoms with Crippen molar-refractivity contribution in [2.24, 2.45) is 5.92 Å². The molecule has 2 fully saturated rings. The molecule has 23 heavy (non-hydrogen) atoms. The molecule has 0 unspecified atom stereocenters. The van der Waals surface area contributed by atoms with Gasteiger partial charge in [-0.25, -0.2) is 4.79 Å². The van der Waals surface area contributed by atoms with Gasteiger partial charge in [0.05, 0.1) is 18.0 Å². The molecule has 6 nitrogen and oxygen atoms in total. The quantitative estimate of drug-likeness (QED) is 0.868.